The molecule has 0 spiro atoms. The highest BCUT2D eigenvalue weighted by molar-refractivity contribution is 6.35. The summed E-state index contributed by atoms with van der Waals surface area (Å²) in [7, 11) is 0. The highest BCUT2D eigenvalue weighted by Gasteiger charge is 2.14. The van der Waals surface area contributed by atoms with E-state index in [9.17, 15) is 9.59 Å². The van der Waals surface area contributed by atoms with Crippen molar-refractivity contribution >= 4 is 29.6 Å². The number of halogens is 1. The van der Waals surface area contributed by atoms with Gasteiger partial charge in [0.2, 0.25) is 0 Å². The Kier molecular flexibility index (Phi) is 7.39. The zero-order valence-corrected chi connectivity index (χ0v) is 13.6. The molecule has 0 saturated heterocycles. The molecule has 0 aliphatic carbocycles. The van der Waals surface area contributed by atoms with Crippen LogP contribution in [0.15, 0.2) is 23.3 Å². The summed E-state index contributed by atoms with van der Waals surface area (Å²) in [4.78, 5) is 23.1. The summed E-state index contributed by atoms with van der Waals surface area (Å²) in [6, 6.07) is 4.99. The van der Waals surface area contributed by atoms with Gasteiger partial charge in [-0.3, -0.25) is 9.59 Å². The number of hydrogen-bond acceptors (Lipinski definition) is 4. The predicted octanol–water partition coefficient (Wildman–Crippen LogP) is 2.10. The second kappa shape index (κ2) is 9.04. The number of amides is 2. The van der Waals surface area contributed by atoms with Gasteiger partial charge in [-0.1, -0.05) is 18.5 Å². The van der Waals surface area contributed by atoms with Crippen LogP contribution in [0.2, 0.25) is 5.02 Å². The summed E-state index contributed by atoms with van der Waals surface area (Å²) in [5, 5.41) is 6.82. The van der Waals surface area contributed by atoms with Crippen molar-refractivity contribution < 1.29 is 14.3 Å². The molecule has 0 saturated carbocycles. The largest absolute Gasteiger partial charge is 0.493 e. The van der Waals surface area contributed by atoms with E-state index < -0.39 is 11.8 Å². The number of nitrogens with one attached hydrogen (secondary N) is 2. The zero-order valence-electron chi connectivity index (χ0n) is 12.9. The minimum atomic E-state index is -0.823. The van der Waals surface area contributed by atoms with Crippen LogP contribution in [0, 0.1) is 0 Å². The van der Waals surface area contributed by atoms with Crippen molar-refractivity contribution in [2.24, 2.45) is 5.10 Å². The van der Waals surface area contributed by atoms with E-state index in [1.54, 1.807) is 18.2 Å². The number of nitrogens with zero attached hydrogens (tertiary/aromatic N) is 1. The van der Waals surface area contributed by atoms with Crippen molar-refractivity contribution in [2.75, 3.05) is 6.61 Å². The summed E-state index contributed by atoms with van der Waals surface area (Å²) >= 11 is 5.91. The molecule has 0 aliphatic rings. The van der Waals surface area contributed by atoms with E-state index in [4.69, 9.17) is 16.3 Å². The average Bonchev–Trinajstić information content (AvgIpc) is 2.49. The Morgan fingerprint density at radius 3 is 2.73 bits per heavy atom. The summed E-state index contributed by atoms with van der Waals surface area (Å²) in [5.74, 6) is -0.951. The van der Waals surface area contributed by atoms with Crippen molar-refractivity contribution in [3.63, 3.8) is 0 Å². The van der Waals surface area contributed by atoms with Crippen LogP contribution >= 0.6 is 11.6 Å². The summed E-state index contributed by atoms with van der Waals surface area (Å²) in [6.07, 6.45) is 2.12. The van der Waals surface area contributed by atoms with Gasteiger partial charge < -0.3 is 10.1 Å². The van der Waals surface area contributed by atoms with E-state index in [0.29, 0.717) is 22.9 Å². The second-order valence-electron chi connectivity index (χ2n) is 4.60. The number of carbonyl (C=O) groups excluding carboxylic acids is 2. The molecule has 1 rings (SSSR count). The molecule has 0 heterocycles. The van der Waals surface area contributed by atoms with Gasteiger partial charge in [-0.25, -0.2) is 5.43 Å². The molecule has 0 aliphatic heterocycles. The molecule has 0 unspecified atom stereocenters. The summed E-state index contributed by atoms with van der Waals surface area (Å²) < 4.78 is 5.42. The fourth-order valence-electron chi connectivity index (χ4n) is 1.51. The lowest BCUT2D eigenvalue weighted by molar-refractivity contribution is -0.139. The van der Waals surface area contributed by atoms with Gasteiger partial charge in [-0.2, -0.15) is 5.10 Å². The van der Waals surface area contributed by atoms with Crippen molar-refractivity contribution in [3.8, 4) is 5.75 Å². The van der Waals surface area contributed by atoms with E-state index in [-0.39, 0.29) is 6.04 Å². The normalized spacial score (nSPS) is 12.0. The van der Waals surface area contributed by atoms with E-state index in [0.717, 1.165) is 6.42 Å². The van der Waals surface area contributed by atoms with Gasteiger partial charge in [0.1, 0.15) is 5.75 Å². The third-order valence-electron chi connectivity index (χ3n) is 2.84. The average molecular weight is 326 g/mol. The molecule has 0 fully saturated rings. The lowest BCUT2D eigenvalue weighted by Gasteiger charge is -2.09. The SMILES string of the molecule is CCOc1ccc(Cl)cc1/C=N\NC(=O)C(=O)N[C@@H](C)CC. The summed E-state index contributed by atoms with van der Waals surface area (Å²) in [6.45, 7) is 6.08. The van der Waals surface area contributed by atoms with Gasteiger partial charge in [0.15, 0.2) is 0 Å². The van der Waals surface area contributed by atoms with E-state index >= 15 is 0 Å². The van der Waals surface area contributed by atoms with Crippen LogP contribution in [0.5, 0.6) is 5.75 Å². The minimum Gasteiger partial charge on any atom is -0.493 e. The van der Waals surface area contributed by atoms with E-state index in [2.05, 4.69) is 15.8 Å². The van der Waals surface area contributed by atoms with Crippen LogP contribution < -0.4 is 15.5 Å². The first-order chi connectivity index (χ1) is 10.5. The van der Waals surface area contributed by atoms with Crippen molar-refractivity contribution in [1.82, 2.24) is 10.7 Å². The Labute approximate surface area is 134 Å². The fraction of sp³-hybridized carbons (Fsp3) is 0.400. The first-order valence-electron chi connectivity index (χ1n) is 7.04. The molecule has 1 atom stereocenters. The molecule has 7 heteroatoms. The third kappa shape index (κ3) is 5.73. The first kappa shape index (κ1) is 18.0. The summed E-state index contributed by atoms with van der Waals surface area (Å²) in [5.41, 5.74) is 2.78. The zero-order chi connectivity index (χ0) is 16.5. The second-order valence-corrected chi connectivity index (χ2v) is 5.03. The number of rotatable bonds is 6. The number of hydrogen-bond donors (Lipinski definition) is 2. The van der Waals surface area contributed by atoms with E-state index in [1.165, 1.54) is 6.21 Å². The van der Waals surface area contributed by atoms with Crippen LogP contribution in [0.4, 0.5) is 0 Å². The Hall–Kier alpha value is -2.08. The van der Waals surface area contributed by atoms with Gasteiger partial charge in [0, 0.05) is 16.6 Å². The molecule has 1 aromatic rings. The topological polar surface area (TPSA) is 79.8 Å². The van der Waals surface area contributed by atoms with Crippen LogP contribution in [0.3, 0.4) is 0 Å². The molecule has 2 N–H and O–H groups in total. The maximum Gasteiger partial charge on any atom is 0.329 e. The van der Waals surface area contributed by atoms with Gasteiger partial charge >= 0.3 is 11.8 Å². The van der Waals surface area contributed by atoms with Gasteiger partial charge in [-0.05, 0) is 38.5 Å². The van der Waals surface area contributed by atoms with Crippen LogP contribution in [0.1, 0.15) is 32.8 Å². The van der Waals surface area contributed by atoms with E-state index in [1.807, 2.05) is 20.8 Å². The molecule has 2 amide bonds. The monoisotopic (exact) mass is 325 g/mol. The Morgan fingerprint density at radius 2 is 2.09 bits per heavy atom. The molecule has 0 radical (unpaired) electrons. The maximum absolute atomic E-state index is 11.6. The molecule has 0 bridgehead atoms. The lowest BCUT2D eigenvalue weighted by Crippen LogP contribution is -2.41. The number of hydrazone groups is 1. The number of ether oxygens (including phenoxy) is 1. The van der Waals surface area contributed by atoms with Crippen molar-refractivity contribution in [1.29, 1.82) is 0 Å². The molecule has 1 aromatic carbocycles. The third-order valence-corrected chi connectivity index (χ3v) is 3.07. The number of benzene rings is 1. The molecule has 6 nitrogen and oxygen atoms in total. The molecule has 22 heavy (non-hydrogen) atoms. The molecule has 0 aromatic heterocycles. The van der Waals surface area contributed by atoms with Gasteiger partial charge in [0.25, 0.3) is 0 Å². The molecule has 120 valence electrons. The minimum absolute atomic E-state index is 0.0697. The quantitative estimate of drug-likeness (QED) is 0.477. The predicted molar refractivity (Wildman–Crippen MR) is 86.3 cm³/mol. The van der Waals surface area contributed by atoms with Crippen LogP contribution in [0.25, 0.3) is 0 Å². The van der Waals surface area contributed by atoms with Crippen molar-refractivity contribution in [2.45, 2.75) is 33.2 Å². The Morgan fingerprint density at radius 1 is 1.36 bits per heavy atom. The fourth-order valence-corrected chi connectivity index (χ4v) is 1.69. The smallest absolute Gasteiger partial charge is 0.329 e. The lowest BCUT2D eigenvalue weighted by atomic mass is 10.2. The number of carbonyl (C=O) groups is 2. The molecular weight excluding hydrogens is 306 g/mol. The Bertz CT molecular complexity index is 561. The van der Waals surface area contributed by atoms with Crippen molar-refractivity contribution in [3.05, 3.63) is 28.8 Å². The highest BCUT2D eigenvalue weighted by atomic mass is 35.5. The standard InChI is InChI=1S/C15H20ClN3O3/c1-4-10(3)18-14(20)15(21)19-17-9-11-8-12(16)6-7-13(11)22-5-2/h6-10H,4-5H2,1-3H3,(H,18,20)(H,19,21)/b17-9-/t10-/m0/s1. The highest BCUT2D eigenvalue weighted by Crippen LogP contribution is 2.21. The maximum atomic E-state index is 11.6. The van der Waals surface area contributed by atoms with Crippen LogP contribution in [-0.2, 0) is 9.59 Å². The van der Waals surface area contributed by atoms with Gasteiger partial charge in [0.05, 0.1) is 12.8 Å². The Balaban J connectivity index is 2.67. The van der Waals surface area contributed by atoms with Gasteiger partial charge in [-0.15, -0.1) is 0 Å². The van der Waals surface area contributed by atoms with Crippen LogP contribution in [-0.4, -0.2) is 30.7 Å². The first-order valence-corrected chi connectivity index (χ1v) is 7.41. The molecular formula is C15H20ClN3O3.